The number of likely N-dealkylation sites (tertiary alicyclic amines) is 2. The molecule has 2 aliphatic rings. The van der Waals surface area contributed by atoms with Crippen molar-refractivity contribution in [1.29, 1.82) is 0 Å². The van der Waals surface area contributed by atoms with E-state index in [1.54, 1.807) is 0 Å². The smallest absolute Gasteiger partial charge is 0.231 e. The van der Waals surface area contributed by atoms with Crippen molar-refractivity contribution in [2.24, 2.45) is 5.41 Å². The van der Waals surface area contributed by atoms with E-state index in [0.29, 0.717) is 5.91 Å². The third-order valence-electron chi connectivity index (χ3n) is 5.44. The number of rotatable bonds is 4. The van der Waals surface area contributed by atoms with E-state index in [-0.39, 0.29) is 5.41 Å². The molecule has 2 fully saturated rings. The molecule has 126 valence electrons. The normalized spacial score (nSPS) is 20.4. The van der Waals surface area contributed by atoms with E-state index in [9.17, 15) is 4.79 Å². The monoisotopic (exact) mass is 324 g/mol. The molecule has 2 aromatic rings. The standard InChI is InChI=1S/C20H24N2O2/c1-16-7-8-18(24-16)14-21-11-9-20(10-12-21)15-22(19(20)23)13-17-5-3-2-4-6-17/h2-8H,9-15H2,1H3. The Kier molecular flexibility index (Phi) is 3.93. The van der Waals surface area contributed by atoms with Crippen molar-refractivity contribution in [2.45, 2.75) is 32.9 Å². The third kappa shape index (κ3) is 2.86. The quantitative estimate of drug-likeness (QED) is 0.810. The van der Waals surface area contributed by atoms with E-state index in [1.165, 1.54) is 5.56 Å². The molecule has 4 heteroatoms. The summed E-state index contributed by atoms with van der Waals surface area (Å²) in [5.41, 5.74) is 1.12. The summed E-state index contributed by atoms with van der Waals surface area (Å²) in [4.78, 5) is 17.1. The lowest BCUT2D eigenvalue weighted by molar-refractivity contribution is -0.166. The minimum atomic E-state index is -0.0929. The summed E-state index contributed by atoms with van der Waals surface area (Å²) < 4.78 is 5.67. The summed E-state index contributed by atoms with van der Waals surface area (Å²) in [5.74, 6) is 2.33. The second-order valence-electron chi connectivity index (χ2n) is 7.22. The van der Waals surface area contributed by atoms with Crippen LogP contribution in [0.15, 0.2) is 46.9 Å². The highest BCUT2D eigenvalue weighted by molar-refractivity contribution is 5.88. The molecule has 0 unspecified atom stereocenters. The van der Waals surface area contributed by atoms with Crippen LogP contribution < -0.4 is 0 Å². The largest absolute Gasteiger partial charge is 0.465 e. The van der Waals surface area contributed by atoms with Crippen LogP contribution in [-0.2, 0) is 17.9 Å². The molecule has 0 bridgehead atoms. The van der Waals surface area contributed by atoms with Crippen molar-refractivity contribution in [2.75, 3.05) is 19.6 Å². The van der Waals surface area contributed by atoms with Crippen LogP contribution in [0.5, 0.6) is 0 Å². The fraction of sp³-hybridized carbons (Fsp3) is 0.450. The van der Waals surface area contributed by atoms with Crippen LogP contribution in [0.3, 0.4) is 0 Å². The van der Waals surface area contributed by atoms with Gasteiger partial charge in [0.15, 0.2) is 0 Å². The van der Waals surface area contributed by atoms with Gasteiger partial charge in [0.05, 0.1) is 12.0 Å². The van der Waals surface area contributed by atoms with Gasteiger partial charge in [0.25, 0.3) is 0 Å². The molecule has 4 rings (SSSR count). The Morgan fingerprint density at radius 3 is 2.42 bits per heavy atom. The number of hydrogen-bond acceptors (Lipinski definition) is 3. The first-order chi connectivity index (χ1) is 11.6. The molecule has 24 heavy (non-hydrogen) atoms. The number of furan rings is 1. The molecule has 1 amide bonds. The van der Waals surface area contributed by atoms with Gasteiger partial charge in [0.1, 0.15) is 11.5 Å². The van der Waals surface area contributed by atoms with Crippen molar-refractivity contribution < 1.29 is 9.21 Å². The maximum absolute atomic E-state index is 12.7. The Bertz CT molecular complexity index is 714. The molecule has 0 radical (unpaired) electrons. The Balaban J connectivity index is 1.30. The minimum Gasteiger partial charge on any atom is -0.465 e. The van der Waals surface area contributed by atoms with Gasteiger partial charge in [-0.25, -0.2) is 0 Å². The highest BCUT2D eigenvalue weighted by Gasteiger charge is 2.52. The van der Waals surface area contributed by atoms with Gasteiger partial charge >= 0.3 is 0 Å². The topological polar surface area (TPSA) is 36.7 Å². The van der Waals surface area contributed by atoms with Crippen molar-refractivity contribution in [1.82, 2.24) is 9.80 Å². The first-order valence-corrected chi connectivity index (χ1v) is 8.76. The Labute approximate surface area is 143 Å². The van der Waals surface area contributed by atoms with E-state index in [4.69, 9.17) is 4.42 Å². The molecule has 2 saturated heterocycles. The Hall–Kier alpha value is -2.07. The number of piperidine rings is 1. The fourth-order valence-corrected chi connectivity index (χ4v) is 3.98. The maximum atomic E-state index is 12.7. The lowest BCUT2D eigenvalue weighted by Gasteiger charge is -2.52. The summed E-state index contributed by atoms with van der Waals surface area (Å²) >= 11 is 0. The summed E-state index contributed by atoms with van der Waals surface area (Å²) in [6.07, 6.45) is 1.94. The minimum absolute atomic E-state index is 0.0929. The number of hydrogen-bond donors (Lipinski definition) is 0. The van der Waals surface area contributed by atoms with Crippen LogP contribution in [-0.4, -0.2) is 35.3 Å². The van der Waals surface area contributed by atoms with Crippen molar-refractivity contribution in [3.63, 3.8) is 0 Å². The fourth-order valence-electron chi connectivity index (χ4n) is 3.98. The summed E-state index contributed by atoms with van der Waals surface area (Å²) in [6, 6.07) is 14.3. The van der Waals surface area contributed by atoms with Crippen LogP contribution in [0.4, 0.5) is 0 Å². The SMILES string of the molecule is Cc1ccc(CN2CCC3(CC2)CN(Cc2ccccc2)C3=O)o1. The predicted molar refractivity (Wildman–Crippen MR) is 92.2 cm³/mol. The van der Waals surface area contributed by atoms with E-state index in [1.807, 2.05) is 36.1 Å². The number of carbonyl (C=O) groups is 1. The number of nitrogens with zero attached hydrogens (tertiary/aromatic N) is 2. The van der Waals surface area contributed by atoms with Crippen molar-refractivity contribution in [3.05, 3.63) is 59.5 Å². The summed E-state index contributed by atoms with van der Waals surface area (Å²) in [7, 11) is 0. The molecule has 2 aliphatic heterocycles. The molecule has 1 spiro atoms. The average Bonchev–Trinajstić information content (AvgIpc) is 3.01. The van der Waals surface area contributed by atoms with Crippen LogP contribution in [0.1, 0.15) is 29.9 Å². The molecule has 3 heterocycles. The third-order valence-corrected chi connectivity index (χ3v) is 5.44. The number of β-lactam (4-membered cyclic amide) rings is 1. The molecule has 4 nitrogen and oxygen atoms in total. The molecule has 0 saturated carbocycles. The van der Waals surface area contributed by atoms with Gasteiger partial charge in [-0.2, -0.15) is 0 Å². The zero-order valence-electron chi connectivity index (χ0n) is 14.2. The highest BCUT2D eigenvalue weighted by atomic mass is 16.3. The van der Waals surface area contributed by atoms with Crippen LogP contribution in [0, 0.1) is 12.3 Å². The predicted octanol–water partition coefficient (Wildman–Crippen LogP) is 3.21. The zero-order chi connectivity index (χ0) is 16.6. The Morgan fingerprint density at radius 2 is 1.79 bits per heavy atom. The lowest BCUT2D eigenvalue weighted by Crippen LogP contribution is -2.64. The van der Waals surface area contributed by atoms with Crippen LogP contribution in [0.2, 0.25) is 0 Å². The molecular weight excluding hydrogens is 300 g/mol. The number of benzene rings is 1. The van der Waals surface area contributed by atoms with Gasteiger partial charge in [0, 0.05) is 13.1 Å². The van der Waals surface area contributed by atoms with Gasteiger partial charge in [-0.05, 0) is 50.6 Å². The first kappa shape index (κ1) is 15.5. The number of carbonyl (C=O) groups excluding carboxylic acids is 1. The second-order valence-corrected chi connectivity index (χ2v) is 7.22. The van der Waals surface area contributed by atoms with Gasteiger partial charge in [0.2, 0.25) is 5.91 Å². The van der Waals surface area contributed by atoms with Gasteiger partial charge < -0.3 is 9.32 Å². The van der Waals surface area contributed by atoms with E-state index in [2.05, 4.69) is 23.1 Å². The second kappa shape index (κ2) is 6.10. The van der Waals surface area contributed by atoms with E-state index >= 15 is 0 Å². The first-order valence-electron chi connectivity index (χ1n) is 8.76. The Morgan fingerprint density at radius 1 is 1.04 bits per heavy atom. The van der Waals surface area contributed by atoms with E-state index in [0.717, 1.165) is 57.1 Å². The van der Waals surface area contributed by atoms with Crippen molar-refractivity contribution >= 4 is 5.91 Å². The lowest BCUT2D eigenvalue weighted by atomic mass is 9.71. The highest BCUT2D eigenvalue weighted by Crippen LogP contribution is 2.42. The molecule has 0 atom stereocenters. The maximum Gasteiger partial charge on any atom is 0.231 e. The van der Waals surface area contributed by atoms with Gasteiger partial charge in [-0.1, -0.05) is 30.3 Å². The summed E-state index contributed by atoms with van der Waals surface area (Å²) in [6.45, 7) is 6.44. The molecular formula is C20H24N2O2. The van der Waals surface area contributed by atoms with E-state index < -0.39 is 0 Å². The average molecular weight is 324 g/mol. The van der Waals surface area contributed by atoms with Gasteiger partial charge in [-0.15, -0.1) is 0 Å². The molecule has 1 aromatic carbocycles. The number of amides is 1. The number of aryl methyl sites for hydroxylation is 1. The molecule has 0 aliphatic carbocycles. The van der Waals surface area contributed by atoms with Gasteiger partial charge in [-0.3, -0.25) is 9.69 Å². The van der Waals surface area contributed by atoms with Crippen LogP contribution in [0.25, 0.3) is 0 Å². The zero-order valence-corrected chi connectivity index (χ0v) is 14.2. The molecule has 1 aromatic heterocycles. The molecule has 0 N–H and O–H groups in total. The van der Waals surface area contributed by atoms with Crippen molar-refractivity contribution in [3.8, 4) is 0 Å². The summed E-state index contributed by atoms with van der Waals surface area (Å²) in [5, 5.41) is 0. The van der Waals surface area contributed by atoms with Crippen LogP contribution >= 0.6 is 0 Å².